The molecule has 33 heavy (non-hydrogen) atoms. The number of hydrogen-bond donors (Lipinski definition) is 1. The van der Waals surface area contributed by atoms with Crippen molar-refractivity contribution >= 4 is 21.8 Å². The summed E-state index contributed by atoms with van der Waals surface area (Å²) >= 11 is 3.60. The van der Waals surface area contributed by atoms with Gasteiger partial charge in [0.15, 0.2) is 0 Å². The smallest absolute Gasteiger partial charge is 0.251 e. The van der Waals surface area contributed by atoms with E-state index in [9.17, 15) is 14.7 Å². The van der Waals surface area contributed by atoms with Gasteiger partial charge in [-0.05, 0) is 51.7 Å². The van der Waals surface area contributed by atoms with Crippen molar-refractivity contribution in [3.05, 3.63) is 93.3 Å². The molecule has 0 aliphatic carbocycles. The summed E-state index contributed by atoms with van der Waals surface area (Å²) in [5.74, 6) is 0.204. The number of carbonyl (C=O) groups is 1. The number of benzene rings is 2. The first-order chi connectivity index (χ1) is 15.9. The number of piperidine rings is 1. The monoisotopic (exact) mass is 508 g/mol. The third kappa shape index (κ3) is 5.63. The molecule has 0 spiro atoms. The molecule has 1 N–H and O–H groups in total. The number of aromatic nitrogens is 1. The van der Waals surface area contributed by atoms with Crippen LogP contribution in [0, 0.1) is 5.92 Å². The van der Waals surface area contributed by atoms with Crippen LogP contribution in [0.1, 0.15) is 37.7 Å². The Labute approximate surface area is 202 Å². The topological polar surface area (TPSA) is 62.5 Å². The molecular weight excluding hydrogens is 480 g/mol. The summed E-state index contributed by atoms with van der Waals surface area (Å²) in [6.45, 7) is 3.06. The number of aliphatic hydroxyl groups excluding tert-OH is 1. The largest absolute Gasteiger partial charge is 0.374 e. The summed E-state index contributed by atoms with van der Waals surface area (Å²) in [6.07, 6.45) is 2.61. The molecule has 1 aliphatic heterocycles. The molecular formula is C27H29BrN2O3. The maximum atomic E-state index is 12.8. The van der Waals surface area contributed by atoms with Crippen LogP contribution in [0.4, 0.5) is 0 Å². The average Bonchev–Trinajstić information content (AvgIpc) is 2.82. The van der Waals surface area contributed by atoms with E-state index in [4.69, 9.17) is 0 Å². The zero-order chi connectivity index (χ0) is 23.4. The first kappa shape index (κ1) is 23.5. The van der Waals surface area contributed by atoms with Crippen molar-refractivity contribution in [2.45, 2.75) is 44.9 Å². The van der Waals surface area contributed by atoms with Gasteiger partial charge in [-0.2, -0.15) is 0 Å². The lowest BCUT2D eigenvalue weighted by atomic mass is 9.93. The molecule has 172 valence electrons. The highest BCUT2D eigenvalue weighted by Crippen LogP contribution is 2.29. The van der Waals surface area contributed by atoms with Crippen LogP contribution in [0.3, 0.4) is 0 Å². The van der Waals surface area contributed by atoms with Crippen LogP contribution in [0.5, 0.6) is 0 Å². The molecule has 1 aliphatic rings. The Hall–Kier alpha value is -2.70. The Balaban J connectivity index is 1.38. The minimum Gasteiger partial charge on any atom is -0.374 e. The lowest BCUT2D eigenvalue weighted by molar-refractivity contribution is -0.146. The number of rotatable bonds is 6. The summed E-state index contributed by atoms with van der Waals surface area (Å²) < 4.78 is 2.56. The van der Waals surface area contributed by atoms with E-state index < -0.39 is 6.23 Å². The average molecular weight is 509 g/mol. The normalized spacial score (nSPS) is 19.3. The van der Waals surface area contributed by atoms with E-state index in [0.717, 1.165) is 27.6 Å². The van der Waals surface area contributed by atoms with Crippen LogP contribution in [0.25, 0.3) is 11.1 Å². The maximum Gasteiger partial charge on any atom is 0.251 e. The third-order valence-electron chi connectivity index (χ3n) is 6.47. The molecule has 1 amide bonds. The number of aliphatic hydroxyl groups is 1. The van der Waals surface area contributed by atoms with Crippen molar-refractivity contribution in [1.29, 1.82) is 0 Å². The highest BCUT2D eigenvalue weighted by Gasteiger charge is 2.31. The first-order valence-corrected chi connectivity index (χ1v) is 12.2. The highest BCUT2D eigenvalue weighted by molar-refractivity contribution is 9.10. The molecule has 0 saturated carbocycles. The van der Waals surface area contributed by atoms with Gasteiger partial charge >= 0.3 is 0 Å². The quantitative estimate of drug-likeness (QED) is 0.507. The minimum atomic E-state index is -0.818. The molecule has 1 saturated heterocycles. The lowest BCUT2D eigenvalue weighted by Crippen LogP contribution is -2.47. The fraction of sp³-hybridized carbons (Fsp3) is 0.333. The van der Waals surface area contributed by atoms with Crippen molar-refractivity contribution in [2.24, 2.45) is 5.92 Å². The van der Waals surface area contributed by atoms with Crippen LogP contribution >= 0.6 is 15.9 Å². The molecule has 0 bridgehead atoms. The number of amides is 1. The standard InChI is InChI=1S/C27H29BrN2O3/c1-19(21-8-4-2-5-9-21)14-26(32)30-13-12-20(15-27(30)33)17-29-18-24(28)23(16-25(29)31)22-10-6-3-7-11-22/h2-11,16,18-20,27,33H,12-15,17H2,1H3/t19?,20?,27-/m1/s1. The molecule has 1 aromatic heterocycles. The number of likely N-dealkylation sites (tertiary alicyclic amines) is 1. The molecule has 3 atom stereocenters. The van der Waals surface area contributed by atoms with E-state index in [1.165, 1.54) is 0 Å². The Morgan fingerprint density at radius 3 is 2.45 bits per heavy atom. The highest BCUT2D eigenvalue weighted by atomic mass is 79.9. The zero-order valence-electron chi connectivity index (χ0n) is 18.7. The van der Waals surface area contributed by atoms with E-state index in [2.05, 4.69) is 15.9 Å². The van der Waals surface area contributed by atoms with Gasteiger partial charge in [0.1, 0.15) is 6.23 Å². The minimum absolute atomic E-state index is 0.0237. The molecule has 1 fully saturated rings. The van der Waals surface area contributed by atoms with E-state index in [0.29, 0.717) is 25.9 Å². The Kier molecular flexibility index (Phi) is 7.46. The van der Waals surface area contributed by atoms with E-state index in [-0.39, 0.29) is 23.3 Å². The van der Waals surface area contributed by atoms with E-state index >= 15 is 0 Å². The molecule has 0 radical (unpaired) electrons. The van der Waals surface area contributed by atoms with Gasteiger partial charge in [0.05, 0.1) is 0 Å². The predicted molar refractivity (Wildman–Crippen MR) is 134 cm³/mol. The second-order valence-corrected chi connectivity index (χ2v) is 9.72. The summed E-state index contributed by atoms with van der Waals surface area (Å²) in [5, 5.41) is 10.7. The molecule has 3 aromatic rings. The summed E-state index contributed by atoms with van der Waals surface area (Å²) in [4.78, 5) is 27.2. The molecule has 4 rings (SSSR count). The van der Waals surface area contributed by atoms with Crippen molar-refractivity contribution in [2.75, 3.05) is 6.54 Å². The van der Waals surface area contributed by atoms with Crippen molar-refractivity contribution in [1.82, 2.24) is 9.47 Å². The fourth-order valence-electron chi connectivity index (χ4n) is 4.55. The molecule has 2 heterocycles. The summed E-state index contributed by atoms with van der Waals surface area (Å²) in [7, 11) is 0. The molecule has 2 aromatic carbocycles. The second kappa shape index (κ2) is 10.5. The molecule has 6 heteroatoms. The third-order valence-corrected chi connectivity index (χ3v) is 7.10. The van der Waals surface area contributed by atoms with Crippen LogP contribution in [0.2, 0.25) is 0 Å². The van der Waals surface area contributed by atoms with Crippen LogP contribution in [-0.2, 0) is 11.3 Å². The van der Waals surface area contributed by atoms with Crippen molar-refractivity contribution < 1.29 is 9.90 Å². The Morgan fingerprint density at radius 1 is 1.12 bits per heavy atom. The van der Waals surface area contributed by atoms with Crippen molar-refractivity contribution in [3.8, 4) is 11.1 Å². The van der Waals surface area contributed by atoms with Gasteiger partial charge in [-0.3, -0.25) is 9.59 Å². The summed E-state index contributed by atoms with van der Waals surface area (Å²) in [5.41, 5.74) is 2.91. The summed E-state index contributed by atoms with van der Waals surface area (Å²) in [6, 6.07) is 21.4. The van der Waals surface area contributed by atoms with Crippen LogP contribution < -0.4 is 5.56 Å². The number of halogens is 1. The van der Waals surface area contributed by atoms with Crippen LogP contribution in [0.15, 0.2) is 82.2 Å². The SMILES string of the molecule is CC(CC(=O)N1CCC(Cn2cc(Br)c(-c3ccccc3)cc2=O)C[C@H]1O)c1ccccc1. The van der Waals surface area contributed by atoms with Gasteiger partial charge in [-0.1, -0.05) is 67.6 Å². The number of carbonyl (C=O) groups excluding carboxylic acids is 1. The van der Waals surface area contributed by atoms with Gasteiger partial charge < -0.3 is 14.6 Å². The number of hydrogen-bond acceptors (Lipinski definition) is 3. The van der Waals surface area contributed by atoms with Gasteiger partial charge in [-0.25, -0.2) is 0 Å². The first-order valence-electron chi connectivity index (χ1n) is 11.4. The van der Waals surface area contributed by atoms with Gasteiger partial charge in [-0.15, -0.1) is 0 Å². The van der Waals surface area contributed by atoms with Crippen molar-refractivity contribution in [3.63, 3.8) is 0 Å². The predicted octanol–water partition coefficient (Wildman–Crippen LogP) is 5.03. The Bertz CT molecular complexity index is 1150. The maximum absolute atomic E-state index is 12.8. The van der Waals surface area contributed by atoms with Gasteiger partial charge in [0, 0.05) is 41.8 Å². The Morgan fingerprint density at radius 2 is 1.79 bits per heavy atom. The second-order valence-electron chi connectivity index (χ2n) is 8.87. The molecule has 5 nitrogen and oxygen atoms in total. The fourth-order valence-corrected chi connectivity index (χ4v) is 5.14. The van der Waals surface area contributed by atoms with Gasteiger partial charge in [0.25, 0.3) is 5.56 Å². The van der Waals surface area contributed by atoms with E-state index in [1.807, 2.05) is 73.8 Å². The van der Waals surface area contributed by atoms with Gasteiger partial charge in [0.2, 0.25) is 5.91 Å². The molecule has 2 unspecified atom stereocenters. The van der Waals surface area contributed by atoms with Crippen LogP contribution in [-0.4, -0.2) is 33.3 Å². The number of pyridine rings is 1. The lowest BCUT2D eigenvalue weighted by Gasteiger charge is -2.37. The van der Waals surface area contributed by atoms with E-state index in [1.54, 1.807) is 15.5 Å². The zero-order valence-corrected chi connectivity index (χ0v) is 20.3. The number of nitrogens with zero attached hydrogens (tertiary/aromatic N) is 2.